The number of amides is 1. The number of rotatable bonds is 7. The lowest BCUT2D eigenvalue weighted by molar-refractivity contribution is -0.117. The van der Waals surface area contributed by atoms with Crippen LogP contribution in [0.3, 0.4) is 0 Å². The summed E-state index contributed by atoms with van der Waals surface area (Å²) in [6.45, 7) is 6.33. The van der Waals surface area contributed by atoms with Gasteiger partial charge in [0.05, 0.1) is 5.92 Å². The van der Waals surface area contributed by atoms with E-state index in [0.717, 1.165) is 34.5 Å². The lowest BCUT2D eigenvalue weighted by atomic mass is 9.96. The zero-order valence-electron chi connectivity index (χ0n) is 18.1. The highest BCUT2D eigenvalue weighted by atomic mass is 16.4. The average Bonchev–Trinajstić information content (AvgIpc) is 3.16. The topological polar surface area (TPSA) is 67.2 Å². The smallest absolute Gasteiger partial charge is 0.300 e. The molecule has 3 aromatic carbocycles. The molecule has 0 radical (unpaired) electrons. The Bertz CT molecular complexity index is 1150. The van der Waals surface area contributed by atoms with Gasteiger partial charge in [-0.1, -0.05) is 56.3 Å². The van der Waals surface area contributed by atoms with Crippen molar-refractivity contribution >= 4 is 34.4 Å². The molecule has 4 aromatic rings. The van der Waals surface area contributed by atoms with E-state index in [1.54, 1.807) is 0 Å². The summed E-state index contributed by atoms with van der Waals surface area (Å²) in [5, 5.41) is 6.17. The highest BCUT2D eigenvalue weighted by molar-refractivity contribution is 5.96. The Morgan fingerprint density at radius 1 is 0.935 bits per heavy atom. The summed E-state index contributed by atoms with van der Waals surface area (Å²) >= 11 is 0. The van der Waals surface area contributed by atoms with E-state index in [4.69, 9.17) is 4.42 Å². The number of fused-ring (bicyclic) bond motifs is 1. The molecule has 31 heavy (non-hydrogen) atoms. The van der Waals surface area contributed by atoms with Crippen LogP contribution in [0.1, 0.15) is 37.8 Å². The predicted molar refractivity (Wildman–Crippen MR) is 126 cm³/mol. The van der Waals surface area contributed by atoms with Crippen LogP contribution in [-0.4, -0.2) is 10.9 Å². The van der Waals surface area contributed by atoms with Gasteiger partial charge in [0.25, 0.3) is 6.01 Å². The maximum Gasteiger partial charge on any atom is 0.300 e. The highest BCUT2D eigenvalue weighted by Crippen LogP contribution is 2.25. The molecular formula is C26H27N3O2. The summed E-state index contributed by atoms with van der Waals surface area (Å²) in [7, 11) is 0. The molecule has 1 atom stereocenters. The molecule has 1 aromatic heterocycles. The van der Waals surface area contributed by atoms with Crippen LogP contribution < -0.4 is 10.6 Å². The molecule has 158 valence electrons. The third-order valence-electron chi connectivity index (χ3n) is 5.19. The molecular weight excluding hydrogens is 386 g/mol. The van der Waals surface area contributed by atoms with Crippen LogP contribution in [0.15, 0.2) is 77.2 Å². The molecule has 1 unspecified atom stereocenters. The van der Waals surface area contributed by atoms with Gasteiger partial charge < -0.3 is 15.1 Å². The zero-order valence-corrected chi connectivity index (χ0v) is 18.1. The van der Waals surface area contributed by atoms with E-state index in [0.29, 0.717) is 11.9 Å². The van der Waals surface area contributed by atoms with Crippen molar-refractivity contribution in [2.24, 2.45) is 5.92 Å². The SMILES string of the molecule is CC(C)Cc1ccc(C(C)C(=O)Nc2cccc(Nc3nc4ccccc4o3)c2)cc1. The number of carbonyl (C=O) groups excluding carboxylic acids is 1. The lowest BCUT2D eigenvalue weighted by Crippen LogP contribution is -2.18. The van der Waals surface area contributed by atoms with Gasteiger partial charge in [-0.2, -0.15) is 4.98 Å². The van der Waals surface area contributed by atoms with Gasteiger partial charge in [0.15, 0.2) is 5.58 Å². The second kappa shape index (κ2) is 9.04. The van der Waals surface area contributed by atoms with Gasteiger partial charge in [-0.05, 0) is 60.7 Å². The fourth-order valence-electron chi connectivity index (χ4n) is 3.54. The molecule has 0 spiro atoms. The standard InChI is InChI=1S/C26H27N3O2/c1-17(2)15-19-11-13-20(14-12-19)18(3)25(30)27-21-7-6-8-22(16-21)28-26-29-23-9-4-5-10-24(23)31-26/h4-14,16-18H,15H2,1-3H3,(H,27,30)(H,28,29). The minimum absolute atomic E-state index is 0.0457. The van der Waals surface area contributed by atoms with Crippen molar-refractivity contribution in [3.05, 3.63) is 83.9 Å². The number of anilines is 3. The first kappa shape index (κ1) is 20.7. The molecule has 0 saturated carbocycles. The second-order valence-corrected chi connectivity index (χ2v) is 8.24. The van der Waals surface area contributed by atoms with Crippen molar-refractivity contribution in [3.63, 3.8) is 0 Å². The molecule has 0 fully saturated rings. The zero-order chi connectivity index (χ0) is 21.8. The van der Waals surface area contributed by atoms with Gasteiger partial charge in [0.1, 0.15) is 5.52 Å². The second-order valence-electron chi connectivity index (χ2n) is 8.24. The Hall–Kier alpha value is -3.60. The molecule has 0 aliphatic heterocycles. The number of oxazole rings is 1. The van der Waals surface area contributed by atoms with Gasteiger partial charge in [-0.15, -0.1) is 0 Å². The summed E-state index contributed by atoms with van der Waals surface area (Å²) < 4.78 is 5.71. The Kier molecular flexibility index (Phi) is 6.03. The fourth-order valence-corrected chi connectivity index (χ4v) is 3.54. The minimum Gasteiger partial charge on any atom is -0.423 e. The van der Waals surface area contributed by atoms with Crippen LogP contribution in [0.5, 0.6) is 0 Å². The monoisotopic (exact) mass is 413 g/mol. The number of hydrogen-bond donors (Lipinski definition) is 2. The summed E-state index contributed by atoms with van der Waals surface area (Å²) in [6, 6.07) is 23.9. The van der Waals surface area contributed by atoms with Gasteiger partial charge in [0, 0.05) is 11.4 Å². The molecule has 1 heterocycles. The van der Waals surface area contributed by atoms with Gasteiger partial charge in [-0.3, -0.25) is 4.79 Å². The van der Waals surface area contributed by atoms with Crippen molar-refractivity contribution in [2.75, 3.05) is 10.6 Å². The summed E-state index contributed by atoms with van der Waals surface area (Å²) in [6.07, 6.45) is 1.04. The number of nitrogens with zero attached hydrogens (tertiary/aromatic N) is 1. The normalized spacial score (nSPS) is 12.1. The third-order valence-corrected chi connectivity index (χ3v) is 5.19. The first-order chi connectivity index (χ1) is 15.0. The molecule has 5 nitrogen and oxygen atoms in total. The first-order valence-electron chi connectivity index (χ1n) is 10.6. The number of nitrogens with one attached hydrogen (secondary N) is 2. The Labute approximate surface area is 182 Å². The van der Waals surface area contributed by atoms with E-state index in [1.807, 2.05) is 67.6 Å². The summed E-state index contributed by atoms with van der Waals surface area (Å²) in [5.41, 5.74) is 5.32. The van der Waals surface area contributed by atoms with Crippen molar-refractivity contribution in [1.82, 2.24) is 4.98 Å². The van der Waals surface area contributed by atoms with Crippen LogP contribution in [0.2, 0.25) is 0 Å². The van der Waals surface area contributed by atoms with Crippen molar-refractivity contribution in [1.29, 1.82) is 0 Å². The van der Waals surface area contributed by atoms with Crippen LogP contribution >= 0.6 is 0 Å². The Balaban J connectivity index is 1.42. The number of aromatic nitrogens is 1. The van der Waals surface area contributed by atoms with E-state index >= 15 is 0 Å². The number of benzene rings is 3. The van der Waals surface area contributed by atoms with Crippen molar-refractivity contribution in [2.45, 2.75) is 33.1 Å². The van der Waals surface area contributed by atoms with Crippen LogP contribution in [0.25, 0.3) is 11.1 Å². The molecule has 0 saturated heterocycles. The van der Waals surface area contributed by atoms with Gasteiger partial charge in [0.2, 0.25) is 5.91 Å². The number of para-hydroxylation sites is 2. The first-order valence-corrected chi connectivity index (χ1v) is 10.6. The summed E-state index contributed by atoms with van der Waals surface area (Å²) in [4.78, 5) is 17.2. The number of hydrogen-bond acceptors (Lipinski definition) is 4. The summed E-state index contributed by atoms with van der Waals surface area (Å²) in [5.74, 6) is 0.319. The minimum atomic E-state index is -0.248. The molecule has 0 aliphatic rings. The predicted octanol–water partition coefficient (Wildman–Crippen LogP) is 6.51. The average molecular weight is 414 g/mol. The molecule has 1 amide bonds. The Morgan fingerprint density at radius 2 is 1.68 bits per heavy atom. The van der Waals surface area contributed by atoms with Gasteiger partial charge in [-0.25, -0.2) is 0 Å². The lowest BCUT2D eigenvalue weighted by Gasteiger charge is -2.14. The van der Waals surface area contributed by atoms with Gasteiger partial charge >= 0.3 is 0 Å². The number of carbonyl (C=O) groups is 1. The van der Waals surface area contributed by atoms with E-state index < -0.39 is 0 Å². The molecule has 0 bridgehead atoms. The highest BCUT2D eigenvalue weighted by Gasteiger charge is 2.16. The van der Waals surface area contributed by atoms with E-state index in [9.17, 15) is 4.79 Å². The molecule has 4 rings (SSSR count). The van der Waals surface area contributed by atoms with E-state index in [2.05, 4.69) is 41.6 Å². The maximum atomic E-state index is 12.8. The molecule has 2 N–H and O–H groups in total. The third kappa shape index (κ3) is 5.12. The molecule has 5 heteroatoms. The van der Waals surface area contributed by atoms with Crippen LogP contribution in [0, 0.1) is 5.92 Å². The van der Waals surface area contributed by atoms with Crippen LogP contribution in [0.4, 0.5) is 17.4 Å². The van der Waals surface area contributed by atoms with E-state index in [1.165, 1.54) is 5.56 Å². The van der Waals surface area contributed by atoms with E-state index in [-0.39, 0.29) is 11.8 Å². The quantitative estimate of drug-likeness (QED) is 0.362. The van der Waals surface area contributed by atoms with Crippen molar-refractivity contribution < 1.29 is 9.21 Å². The van der Waals surface area contributed by atoms with Crippen molar-refractivity contribution in [3.8, 4) is 0 Å². The fraction of sp³-hybridized carbons (Fsp3) is 0.231. The Morgan fingerprint density at radius 3 is 2.42 bits per heavy atom. The van der Waals surface area contributed by atoms with Crippen LogP contribution in [-0.2, 0) is 11.2 Å². The molecule has 0 aliphatic carbocycles. The largest absolute Gasteiger partial charge is 0.423 e. The maximum absolute atomic E-state index is 12.8.